The molecular weight excluding hydrogens is 332 g/mol. The molecule has 2 fully saturated rings. The lowest BCUT2D eigenvalue weighted by atomic mass is 9.91. The number of rotatable bonds is 4. The highest BCUT2D eigenvalue weighted by molar-refractivity contribution is 6.08. The Labute approximate surface area is 151 Å². The smallest absolute Gasteiger partial charge is 0.315 e. The number of urea groups is 1. The van der Waals surface area contributed by atoms with Crippen LogP contribution in [-0.2, 0) is 17.8 Å². The molecular formula is C19H22N4O3. The molecule has 7 heteroatoms. The Hall–Kier alpha value is -2.83. The monoisotopic (exact) mass is 354 g/mol. The molecule has 2 aliphatic rings. The molecule has 1 aromatic carbocycles. The van der Waals surface area contributed by atoms with Crippen LogP contribution in [0.15, 0.2) is 24.4 Å². The highest BCUT2D eigenvalue weighted by atomic mass is 16.2. The Bertz CT molecular complexity index is 924. The number of para-hydroxylation sites is 1. The van der Waals surface area contributed by atoms with Gasteiger partial charge in [0.1, 0.15) is 6.54 Å². The number of benzene rings is 1. The number of carbonyl (C=O) groups is 3. The number of carbonyl (C=O) groups excluding carboxylic acids is 3. The maximum Gasteiger partial charge on any atom is 0.315 e. The largest absolute Gasteiger partial charge is 0.337 e. The molecule has 2 aromatic rings. The van der Waals surface area contributed by atoms with Gasteiger partial charge in [0.25, 0.3) is 0 Å². The lowest BCUT2D eigenvalue weighted by Gasteiger charge is -2.46. The van der Waals surface area contributed by atoms with Gasteiger partial charge in [0.15, 0.2) is 5.78 Å². The Balaban J connectivity index is 1.58. The van der Waals surface area contributed by atoms with E-state index in [9.17, 15) is 14.4 Å². The van der Waals surface area contributed by atoms with Crippen LogP contribution in [0.25, 0.3) is 10.9 Å². The minimum atomic E-state index is -0.315. The first-order chi connectivity index (χ1) is 12.4. The summed E-state index contributed by atoms with van der Waals surface area (Å²) in [5.74, 6) is -0.00761. The second-order valence-corrected chi connectivity index (χ2v) is 7.23. The Morgan fingerprint density at radius 2 is 2.04 bits per heavy atom. The van der Waals surface area contributed by atoms with E-state index in [4.69, 9.17) is 0 Å². The van der Waals surface area contributed by atoms with Crippen LogP contribution in [0.1, 0.15) is 29.8 Å². The van der Waals surface area contributed by atoms with Crippen molar-refractivity contribution in [3.63, 3.8) is 0 Å². The van der Waals surface area contributed by atoms with E-state index in [-0.39, 0.29) is 29.8 Å². The van der Waals surface area contributed by atoms with Gasteiger partial charge < -0.3 is 20.1 Å². The molecule has 1 aromatic heterocycles. The van der Waals surface area contributed by atoms with E-state index >= 15 is 0 Å². The highest BCUT2D eigenvalue weighted by Crippen LogP contribution is 2.28. The SMILES string of the molecule is CCc1cccc2c(C(C)=O)cn(CC(=O)N3CC4(CNC(=O)N4)C3)c12. The molecule has 0 radical (unpaired) electrons. The van der Waals surface area contributed by atoms with Crippen molar-refractivity contribution in [2.24, 2.45) is 0 Å². The van der Waals surface area contributed by atoms with Crippen LogP contribution in [0.5, 0.6) is 0 Å². The quantitative estimate of drug-likeness (QED) is 0.812. The molecule has 1 spiro atoms. The predicted molar refractivity (Wildman–Crippen MR) is 97.2 cm³/mol. The molecule has 26 heavy (non-hydrogen) atoms. The zero-order chi connectivity index (χ0) is 18.5. The Morgan fingerprint density at radius 1 is 1.27 bits per heavy atom. The zero-order valence-corrected chi connectivity index (χ0v) is 15.0. The lowest BCUT2D eigenvalue weighted by Crippen LogP contribution is -2.70. The van der Waals surface area contributed by atoms with Crippen molar-refractivity contribution < 1.29 is 14.4 Å². The number of amides is 3. The first kappa shape index (κ1) is 16.6. The van der Waals surface area contributed by atoms with Crippen LogP contribution in [-0.4, -0.2) is 52.4 Å². The van der Waals surface area contributed by atoms with Gasteiger partial charge in [0.2, 0.25) is 5.91 Å². The Morgan fingerprint density at radius 3 is 2.65 bits per heavy atom. The van der Waals surface area contributed by atoms with Crippen molar-refractivity contribution >= 4 is 28.6 Å². The van der Waals surface area contributed by atoms with Crippen molar-refractivity contribution in [1.82, 2.24) is 20.1 Å². The Kier molecular flexibility index (Phi) is 3.75. The molecule has 0 aliphatic carbocycles. The third-order valence-electron chi connectivity index (χ3n) is 5.35. The van der Waals surface area contributed by atoms with Crippen molar-refractivity contribution in [3.05, 3.63) is 35.5 Å². The summed E-state index contributed by atoms with van der Waals surface area (Å²) in [6.45, 7) is 5.40. The molecule has 0 bridgehead atoms. The summed E-state index contributed by atoms with van der Waals surface area (Å²) in [7, 11) is 0. The summed E-state index contributed by atoms with van der Waals surface area (Å²) in [6.07, 6.45) is 2.62. The second kappa shape index (κ2) is 5.86. The number of hydrogen-bond acceptors (Lipinski definition) is 3. The summed E-state index contributed by atoms with van der Waals surface area (Å²) in [5.41, 5.74) is 2.41. The number of hydrogen-bond donors (Lipinski definition) is 2. The minimum absolute atomic E-state index is 0.00269. The van der Waals surface area contributed by atoms with Gasteiger partial charge in [-0.05, 0) is 18.9 Å². The summed E-state index contributed by atoms with van der Waals surface area (Å²) in [5, 5.41) is 6.53. The van der Waals surface area contributed by atoms with Crippen molar-refractivity contribution in [3.8, 4) is 0 Å². The average molecular weight is 354 g/mol. The molecule has 2 N–H and O–H groups in total. The van der Waals surface area contributed by atoms with E-state index in [0.717, 1.165) is 22.9 Å². The number of aryl methyl sites for hydroxylation is 1. The van der Waals surface area contributed by atoms with Crippen LogP contribution in [0, 0.1) is 0 Å². The molecule has 136 valence electrons. The average Bonchev–Trinajstić information content (AvgIpc) is 3.15. The van der Waals surface area contributed by atoms with E-state index in [1.54, 1.807) is 18.0 Å². The normalized spacial score (nSPS) is 17.9. The van der Waals surface area contributed by atoms with Crippen LogP contribution < -0.4 is 10.6 Å². The fraction of sp³-hybridized carbons (Fsp3) is 0.421. The molecule has 3 heterocycles. The van der Waals surface area contributed by atoms with E-state index in [0.29, 0.717) is 25.2 Å². The fourth-order valence-electron chi connectivity index (χ4n) is 4.00. The van der Waals surface area contributed by atoms with E-state index in [1.165, 1.54) is 0 Å². The van der Waals surface area contributed by atoms with Crippen molar-refractivity contribution in [1.29, 1.82) is 0 Å². The number of ketones is 1. The summed E-state index contributed by atoms with van der Waals surface area (Å²) in [4.78, 5) is 37.8. The molecule has 2 aliphatic heterocycles. The molecule has 4 rings (SSSR count). The first-order valence-corrected chi connectivity index (χ1v) is 8.88. The van der Waals surface area contributed by atoms with Gasteiger partial charge in [-0.2, -0.15) is 0 Å². The van der Waals surface area contributed by atoms with Crippen molar-refractivity contribution in [2.45, 2.75) is 32.4 Å². The maximum absolute atomic E-state index is 12.7. The van der Waals surface area contributed by atoms with Crippen molar-refractivity contribution in [2.75, 3.05) is 19.6 Å². The minimum Gasteiger partial charge on any atom is -0.337 e. The molecule has 0 atom stereocenters. The summed E-state index contributed by atoms with van der Waals surface area (Å²) in [6, 6.07) is 5.75. The van der Waals surface area contributed by atoms with Crippen LogP contribution in [0.3, 0.4) is 0 Å². The highest BCUT2D eigenvalue weighted by Gasteiger charge is 2.49. The third-order valence-corrected chi connectivity index (χ3v) is 5.35. The number of likely N-dealkylation sites (tertiary alicyclic amines) is 1. The number of Topliss-reactive ketones (excluding diaryl/α,β-unsaturated/α-hetero) is 1. The molecule has 0 saturated carbocycles. The number of nitrogens with zero attached hydrogens (tertiary/aromatic N) is 2. The first-order valence-electron chi connectivity index (χ1n) is 8.88. The number of fused-ring (bicyclic) bond motifs is 1. The molecule has 0 unspecified atom stereocenters. The van der Waals surface area contributed by atoms with E-state index in [1.807, 2.05) is 22.8 Å². The molecule has 2 saturated heterocycles. The van der Waals surface area contributed by atoms with Crippen LogP contribution >= 0.6 is 0 Å². The van der Waals surface area contributed by atoms with Gasteiger partial charge in [-0.1, -0.05) is 25.1 Å². The lowest BCUT2D eigenvalue weighted by molar-refractivity contribution is -0.139. The van der Waals surface area contributed by atoms with Gasteiger partial charge in [-0.15, -0.1) is 0 Å². The third kappa shape index (κ3) is 2.55. The fourth-order valence-corrected chi connectivity index (χ4v) is 4.00. The predicted octanol–water partition coefficient (Wildman–Crippen LogP) is 1.30. The van der Waals surface area contributed by atoms with Gasteiger partial charge in [-0.25, -0.2) is 4.79 Å². The molecule has 3 amide bonds. The number of nitrogens with one attached hydrogen (secondary N) is 2. The summed E-state index contributed by atoms with van der Waals surface area (Å²) >= 11 is 0. The summed E-state index contributed by atoms with van der Waals surface area (Å²) < 4.78 is 1.89. The van der Waals surface area contributed by atoms with E-state index < -0.39 is 0 Å². The van der Waals surface area contributed by atoms with Gasteiger partial charge in [0, 0.05) is 36.8 Å². The topological polar surface area (TPSA) is 83.4 Å². The zero-order valence-electron chi connectivity index (χ0n) is 15.0. The van der Waals surface area contributed by atoms with Gasteiger partial charge in [0.05, 0.1) is 11.1 Å². The van der Waals surface area contributed by atoms with Crippen LogP contribution in [0.4, 0.5) is 4.79 Å². The second-order valence-electron chi connectivity index (χ2n) is 7.23. The van der Waals surface area contributed by atoms with Gasteiger partial charge >= 0.3 is 6.03 Å². The number of aromatic nitrogens is 1. The van der Waals surface area contributed by atoms with E-state index in [2.05, 4.69) is 17.6 Å². The maximum atomic E-state index is 12.7. The standard InChI is InChI=1S/C19H22N4O3/c1-3-13-5-4-6-14-15(12(2)24)7-22(17(13)14)8-16(25)23-10-19(11-23)9-20-18(26)21-19/h4-7H,3,8-11H2,1-2H3,(H2,20,21,26). The molecule has 7 nitrogen and oxygen atoms in total. The van der Waals surface area contributed by atoms with Gasteiger partial charge in [-0.3, -0.25) is 9.59 Å². The van der Waals surface area contributed by atoms with Crippen LogP contribution in [0.2, 0.25) is 0 Å².